The molecule has 0 aromatic heterocycles. The molecule has 0 saturated heterocycles. The molecule has 1 aliphatic heterocycles. The van der Waals surface area contributed by atoms with Crippen molar-refractivity contribution in [3.05, 3.63) is 35.2 Å². The van der Waals surface area contributed by atoms with E-state index in [2.05, 4.69) is 16.6 Å². The monoisotopic (exact) mass is 281 g/mol. The van der Waals surface area contributed by atoms with Gasteiger partial charge < -0.3 is 14.2 Å². The molecule has 0 spiro atoms. The van der Waals surface area contributed by atoms with Crippen LogP contribution in [0, 0.1) is 5.92 Å². The molecule has 1 heterocycles. The lowest BCUT2D eigenvalue weighted by molar-refractivity contribution is -0.184. The summed E-state index contributed by atoms with van der Waals surface area (Å²) in [6.07, 6.45) is 4.46. The van der Waals surface area contributed by atoms with Crippen LogP contribution in [0.15, 0.2) is 29.9 Å². The first kappa shape index (κ1) is 16.2. The van der Waals surface area contributed by atoms with Crippen LogP contribution < -0.4 is 0 Å². The first-order chi connectivity index (χ1) is 9.71. The van der Waals surface area contributed by atoms with E-state index in [9.17, 15) is 4.79 Å². The fraction of sp³-hybridized carbons (Fsp3) is 0.615. The SMILES string of the molecule is C=CCO[C@H]1O[C@H](CN=[N+]=[N-])C=C[C@@H]1CC(=O)OCC. The van der Waals surface area contributed by atoms with Crippen molar-refractivity contribution in [1.82, 2.24) is 0 Å². The number of nitrogens with zero attached hydrogens (tertiary/aromatic N) is 3. The van der Waals surface area contributed by atoms with E-state index in [0.717, 1.165) is 0 Å². The van der Waals surface area contributed by atoms with Gasteiger partial charge in [-0.25, -0.2) is 0 Å². The highest BCUT2D eigenvalue weighted by Crippen LogP contribution is 2.23. The van der Waals surface area contributed by atoms with Crippen LogP contribution in [0.1, 0.15) is 13.3 Å². The molecule has 0 N–H and O–H groups in total. The van der Waals surface area contributed by atoms with E-state index in [4.69, 9.17) is 19.7 Å². The van der Waals surface area contributed by atoms with Gasteiger partial charge in [0.15, 0.2) is 6.29 Å². The number of carbonyl (C=O) groups excluding carboxylic acids is 1. The maximum absolute atomic E-state index is 11.5. The van der Waals surface area contributed by atoms with Crippen molar-refractivity contribution in [1.29, 1.82) is 0 Å². The lowest BCUT2D eigenvalue weighted by Crippen LogP contribution is -2.36. The van der Waals surface area contributed by atoms with E-state index in [0.29, 0.717) is 13.2 Å². The minimum atomic E-state index is -0.582. The van der Waals surface area contributed by atoms with Crippen LogP contribution in [0.4, 0.5) is 0 Å². The number of carbonyl (C=O) groups is 1. The lowest BCUT2D eigenvalue weighted by atomic mass is 10.0. The van der Waals surface area contributed by atoms with Crippen LogP contribution in [0.2, 0.25) is 0 Å². The second-order valence-corrected chi connectivity index (χ2v) is 4.14. The van der Waals surface area contributed by atoms with Crippen molar-refractivity contribution >= 4 is 5.97 Å². The molecule has 1 aliphatic rings. The fourth-order valence-corrected chi connectivity index (χ4v) is 1.80. The van der Waals surface area contributed by atoms with Crippen LogP contribution >= 0.6 is 0 Å². The summed E-state index contributed by atoms with van der Waals surface area (Å²) in [5.74, 6) is -0.525. The highest BCUT2D eigenvalue weighted by Gasteiger charge is 2.29. The molecule has 110 valence electrons. The Morgan fingerprint density at radius 3 is 3.05 bits per heavy atom. The molecule has 0 aromatic rings. The predicted octanol–water partition coefficient (Wildman–Crippen LogP) is 2.35. The molecule has 20 heavy (non-hydrogen) atoms. The second kappa shape index (κ2) is 9.14. The Hall–Kier alpha value is -1.82. The second-order valence-electron chi connectivity index (χ2n) is 4.14. The molecule has 0 bridgehead atoms. The first-order valence-electron chi connectivity index (χ1n) is 6.44. The number of azide groups is 1. The number of rotatable bonds is 8. The van der Waals surface area contributed by atoms with Crippen LogP contribution in [0.25, 0.3) is 10.4 Å². The molecule has 0 aliphatic carbocycles. The highest BCUT2D eigenvalue weighted by atomic mass is 16.7. The van der Waals surface area contributed by atoms with Crippen molar-refractivity contribution in [2.24, 2.45) is 11.0 Å². The molecule has 7 heteroatoms. The Labute approximate surface area is 117 Å². The average Bonchev–Trinajstić information content (AvgIpc) is 2.45. The van der Waals surface area contributed by atoms with Gasteiger partial charge in [0, 0.05) is 10.8 Å². The molecule has 3 atom stereocenters. The summed E-state index contributed by atoms with van der Waals surface area (Å²) in [5, 5.41) is 3.46. The van der Waals surface area contributed by atoms with Crippen LogP contribution in [0.5, 0.6) is 0 Å². The molecule has 0 aromatic carbocycles. The van der Waals surface area contributed by atoms with Gasteiger partial charge in [-0.1, -0.05) is 23.3 Å². The van der Waals surface area contributed by atoms with E-state index in [-0.39, 0.29) is 31.0 Å². The van der Waals surface area contributed by atoms with E-state index < -0.39 is 6.29 Å². The van der Waals surface area contributed by atoms with Gasteiger partial charge in [0.1, 0.15) is 0 Å². The molecular formula is C13H19N3O4. The summed E-state index contributed by atoms with van der Waals surface area (Å²) < 4.78 is 16.1. The third kappa shape index (κ3) is 5.44. The third-order valence-corrected chi connectivity index (χ3v) is 2.64. The summed E-state index contributed by atoms with van der Waals surface area (Å²) >= 11 is 0. The van der Waals surface area contributed by atoms with E-state index >= 15 is 0 Å². The van der Waals surface area contributed by atoms with E-state index in [1.807, 2.05) is 6.08 Å². The quantitative estimate of drug-likeness (QED) is 0.224. The molecule has 0 radical (unpaired) electrons. The smallest absolute Gasteiger partial charge is 0.306 e. The van der Waals surface area contributed by atoms with E-state index in [1.165, 1.54) is 0 Å². The van der Waals surface area contributed by atoms with Gasteiger partial charge in [-0.2, -0.15) is 0 Å². The molecule has 0 unspecified atom stereocenters. The lowest BCUT2D eigenvalue weighted by Gasteiger charge is -2.31. The zero-order valence-corrected chi connectivity index (χ0v) is 11.5. The van der Waals surface area contributed by atoms with Gasteiger partial charge in [-0.3, -0.25) is 4.79 Å². The fourth-order valence-electron chi connectivity index (χ4n) is 1.80. The van der Waals surface area contributed by atoms with E-state index in [1.54, 1.807) is 19.1 Å². The largest absolute Gasteiger partial charge is 0.466 e. The van der Waals surface area contributed by atoms with Gasteiger partial charge in [0.25, 0.3) is 0 Å². The van der Waals surface area contributed by atoms with Crippen molar-refractivity contribution in [3.63, 3.8) is 0 Å². The summed E-state index contributed by atoms with van der Waals surface area (Å²) in [5.41, 5.74) is 8.31. The molecule has 0 saturated carbocycles. The Bertz CT molecular complexity index is 404. The van der Waals surface area contributed by atoms with Gasteiger partial charge in [-0.15, -0.1) is 6.58 Å². The minimum absolute atomic E-state index is 0.181. The number of hydrogen-bond donors (Lipinski definition) is 0. The molecule has 1 rings (SSSR count). The van der Waals surface area contributed by atoms with Crippen LogP contribution in [-0.4, -0.2) is 38.1 Å². The van der Waals surface area contributed by atoms with Gasteiger partial charge in [0.05, 0.1) is 32.3 Å². The summed E-state index contributed by atoms with van der Waals surface area (Å²) in [7, 11) is 0. The third-order valence-electron chi connectivity index (χ3n) is 2.64. The van der Waals surface area contributed by atoms with Gasteiger partial charge in [0.2, 0.25) is 0 Å². The maximum atomic E-state index is 11.5. The zero-order chi connectivity index (χ0) is 14.8. The maximum Gasteiger partial charge on any atom is 0.306 e. The van der Waals surface area contributed by atoms with Crippen molar-refractivity contribution < 1.29 is 19.0 Å². The Morgan fingerprint density at radius 2 is 2.40 bits per heavy atom. The van der Waals surface area contributed by atoms with Crippen molar-refractivity contribution in [2.75, 3.05) is 19.8 Å². The van der Waals surface area contributed by atoms with Crippen LogP contribution in [-0.2, 0) is 19.0 Å². The summed E-state index contributed by atoms with van der Waals surface area (Å²) in [4.78, 5) is 14.2. The topological polar surface area (TPSA) is 93.5 Å². The Kier molecular flexibility index (Phi) is 7.42. The van der Waals surface area contributed by atoms with Crippen molar-refractivity contribution in [2.45, 2.75) is 25.7 Å². The Balaban J connectivity index is 2.65. The zero-order valence-electron chi connectivity index (χ0n) is 11.5. The molecule has 0 amide bonds. The van der Waals surface area contributed by atoms with Gasteiger partial charge >= 0.3 is 5.97 Å². The normalized spacial score (nSPS) is 24.8. The summed E-state index contributed by atoms with van der Waals surface area (Å²) in [6.45, 7) is 6.17. The molecular weight excluding hydrogens is 262 g/mol. The average molecular weight is 281 g/mol. The molecule has 7 nitrogen and oxygen atoms in total. The highest BCUT2D eigenvalue weighted by molar-refractivity contribution is 5.70. The first-order valence-corrected chi connectivity index (χ1v) is 6.44. The number of ether oxygens (including phenoxy) is 3. The van der Waals surface area contributed by atoms with Crippen LogP contribution in [0.3, 0.4) is 0 Å². The number of hydrogen-bond acceptors (Lipinski definition) is 5. The predicted molar refractivity (Wildman–Crippen MR) is 72.7 cm³/mol. The van der Waals surface area contributed by atoms with Crippen molar-refractivity contribution in [3.8, 4) is 0 Å². The summed E-state index contributed by atoms with van der Waals surface area (Å²) in [6, 6.07) is 0. The standard InChI is InChI=1S/C13H19N3O4/c1-3-7-19-13-10(8-12(17)18-4-2)5-6-11(20-13)9-15-16-14/h3,5-6,10-11,13H,1,4,7-9H2,2H3/t10-,11+,13+/m1/s1. The minimum Gasteiger partial charge on any atom is -0.466 e. The number of esters is 1. The Morgan fingerprint density at radius 1 is 1.60 bits per heavy atom. The molecule has 0 fully saturated rings. The van der Waals surface area contributed by atoms with Gasteiger partial charge in [-0.05, 0) is 12.5 Å².